The molecule has 0 amide bonds. The molecule has 0 bridgehead atoms. The van der Waals surface area contributed by atoms with Gasteiger partial charge < -0.3 is 5.32 Å². The molecule has 0 fully saturated rings. The standard InChI is InChI=1S/C16H18N4/c1-12(2)20-16(18-11-19-20)10-17-15-8-7-13-5-3-4-6-14(13)9-15/h3-9,11-12,17H,10H2,1-2H3. The van der Waals surface area contributed by atoms with Gasteiger partial charge in [0, 0.05) is 11.7 Å². The number of aromatic nitrogens is 3. The van der Waals surface area contributed by atoms with Gasteiger partial charge in [0.2, 0.25) is 0 Å². The van der Waals surface area contributed by atoms with Crippen LogP contribution >= 0.6 is 0 Å². The van der Waals surface area contributed by atoms with Gasteiger partial charge in [0.05, 0.1) is 6.54 Å². The van der Waals surface area contributed by atoms with Crippen LogP contribution in [0, 0.1) is 0 Å². The zero-order chi connectivity index (χ0) is 13.9. The van der Waals surface area contributed by atoms with Crippen molar-refractivity contribution in [2.45, 2.75) is 26.4 Å². The summed E-state index contributed by atoms with van der Waals surface area (Å²) in [6.45, 7) is 4.89. The van der Waals surface area contributed by atoms with Crippen LogP contribution in [0.25, 0.3) is 10.8 Å². The van der Waals surface area contributed by atoms with E-state index in [1.165, 1.54) is 10.8 Å². The molecule has 0 unspecified atom stereocenters. The maximum absolute atomic E-state index is 4.30. The summed E-state index contributed by atoms with van der Waals surface area (Å²) in [6, 6.07) is 15.1. The van der Waals surface area contributed by atoms with Crippen LogP contribution in [0.4, 0.5) is 5.69 Å². The first-order valence-corrected chi connectivity index (χ1v) is 6.85. The van der Waals surface area contributed by atoms with Gasteiger partial charge in [-0.15, -0.1) is 0 Å². The van der Waals surface area contributed by atoms with E-state index in [2.05, 4.69) is 71.7 Å². The summed E-state index contributed by atoms with van der Waals surface area (Å²) in [7, 11) is 0. The monoisotopic (exact) mass is 266 g/mol. The Kier molecular flexibility index (Phi) is 3.37. The number of hydrogen-bond donors (Lipinski definition) is 1. The van der Waals surface area contributed by atoms with Crippen molar-refractivity contribution < 1.29 is 0 Å². The second kappa shape index (κ2) is 5.33. The third kappa shape index (κ3) is 2.50. The van der Waals surface area contributed by atoms with Crippen LogP contribution in [0.15, 0.2) is 48.8 Å². The molecule has 0 aliphatic heterocycles. The Morgan fingerprint density at radius 3 is 2.70 bits per heavy atom. The normalized spacial score (nSPS) is 11.2. The second-order valence-corrected chi connectivity index (χ2v) is 5.13. The van der Waals surface area contributed by atoms with Gasteiger partial charge >= 0.3 is 0 Å². The number of rotatable bonds is 4. The Morgan fingerprint density at radius 2 is 1.90 bits per heavy atom. The van der Waals surface area contributed by atoms with Gasteiger partial charge in [-0.2, -0.15) is 5.10 Å². The summed E-state index contributed by atoms with van der Waals surface area (Å²) in [5.41, 5.74) is 1.10. The summed E-state index contributed by atoms with van der Waals surface area (Å²) < 4.78 is 1.94. The van der Waals surface area contributed by atoms with Gasteiger partial charge in [0.1, 0.15) is 12.2 Å². The highest BCUT2D eigenvalue weighted by Gasteiger charge is 2.07. The molecule has 0 saturated heterocycles. The average Bonchev–Trinajstić information content (AvgIpc) is 2.93. The highest BCUT2D eigenvalue weighted by Crippen LogP contribution is 2.19. The van der Waals surface area contributed by atoms with E-state index in [4.69, 9.17) is 0 Å². The molecule has 0 spiro atoms. The Bertz CT molecular complexity index is 715. The Labute approximate surface area is 118 Å². The minimum Gasteiger partial charge on any atom is -0.378 e. The molecule has 3 aromatic rings. The first-order chi connectivity index (χ1) is 9.74. The summed E-state index contributed by atoms with van der Waals surface area (Å²) in [6.07, 6.45) is 1.61. The third-order valence-electron chi connectivity index (χ3n) is 3.34. The lowest BCUT2D eigenvalue weighted by Crippen LogP contribution is -2.11. The lowest BCUT2D eigenvalue weighted by molar-refractivity contribution is 0.509. The average molecular weight is 266 g/mol. The van der Waals surface area contributed by atoms with Crippen molar-refractivity contribution in [1.29, 1.82) is 0 Å². The molecule has 4 nitrogen and oxygen atoms in total. The number of nitrogens with zero attached hydrogens (tertiary/aromatic N) is 3. The van der Waals surface area contributed by atoms with E-state index in [1.54, 1.807) is 6.33 Å². The van der Waals surface area contributed by atoms with E-state index >= 15 is 0 Å². The minimum absolute atomic E-state index is 0.325. The largest absolute Gasteiger partial charge is 0.378 e. The number of fused-ring (bicyclic) bond motifs is 1. The topological polar surface area (TPSA) is 42.7 Å². The molecule has 1 N–H and O–H groups in total. The Balaban J connectivity index is 1.78. The van der Waals surface area contributed by atoms with Crippen molar-refractivity contribution in [3.05, 3.63) is 54.6 Å². The van der Waals surface area contributed by atoms with Gasteiger partial charge in [0.15, 0.2) is 0 Å². The van der Waals surface area contributed by atoms with E-state index in [0.717, 1.165) is 11.5 Å². The molecular formula is C16H18N4. The second-order valence-electron chi connectivity index (χ2n) is 5.13. The van der Waals surface area contributed by atoms with Crippen molar-refractivity contribution in [3.8, 4) is 0 Å². The van der Waals surface area contributed by atoms with Crippen LogP contribution in [0.3, 0.4) is 0 Å². The van der Waals surface area contributed by atoms with Gasteiger partial charge in [0.25, 0.3) is 0 Å². The highest BCUT2D eigenvalue weighted by atomic mass is 15.3. The lowest BCUT2D eigenvalue weighted by atomic mass is 10.1. The van der Waals surface area contributed by atoms with Crippen LogP contribution in [0.1, 0.15) is 25.7 Å². The molecule has 20 heavy (non-hydrogen) atoms. The molecule has 1 heterocycles. The first kappa shape index (κ1) is 12.7. The molecular weight excluding hydrogens is 248 g/mol. The smallest absolute Gasteiger partial charge is 0.146 e. The van der Waals surface area contributed by atoms with Crippen LogP contribution in [0.5, 0.6) is 0 Å². The van der Waals surface area contributed by atoms with Gasteiger partial charge in [-0.1, -0.05) is 30.3 Å². The van der Waals surface area contributed by atoms with Gasteiger partial charge in [-0.3, -0.25) is 0 Å². The predicted molar refractivity (Wildman–Crippen MR) is 81.7 cm³/mol. The van der Waals surface area contributed by atoms with Crippen LogP contribution in [-0.2, 0) is 6.54 Å². The minimum atomic E-state index is 0.325. The number of anilines is 1. The van der Waals surface area contributed by atoms with E-state index in [0.29, 0.717) is 12.6 Å². The molecule has 0 aliphatic rings. The number of hydrogen-bond acceptors (Lipinski definition) is 3. The fourth-order valence-corrected chi connectivity index (χ4v) is 2.31. The summed E-state index contributed by atoms with van der Waals surface area (Å²) in [5, 5.41) is 10.1. The predicted octanol–water partition coefficient (Wildman–Crippen LogP) is 3.62. The fraction of sp³-hybridized carbons (Fsp3) is 0.250. The van der Waals surface area contributed by atoms with E-state index in [9.17, 15) is 0 Å². The van der Waals surface area contributed by atoms with Crippen LogP contribution in [-0.4, -0.2) is 14.8 Å². The SMILES string of the molecule is CC(C)n1ncnc1CNc1ccc2ccccc2c1. The molecule has 2 aromatic carbocycles. The molecule has 0 aliphatic carbocycles. The highest BCUT2D eigenvalue weighted by molar-refractivity contribution is 5.85. The Morgan fingerprint density at radius 1 is 1.10 bits per heavy atom. The van der Waals surface area contributed by atoms with Gasteiger partial charge in [-0.05, 0) is 36.8 Å². The van der Waals surface area contributed by atoms with Crippen molar-refractivity contribution in [2.24, 2.45) is 0 Å². The van der Waals surface area contributed by atoms with Crippen molar-refractivity contribution >= 4 is 16.5 Å². The molecule has 1 aromatic heterocycles. The van der Waals surface area contributed by atoms with Crippen molar-refractivity contribution in [1.82, 2.24) is 14.8 Å². The number of benzene rings is 2. The van der Waals surface area contributed by atoms with Crippen molar-refractivity contribution in [3.63, 3.8) is 0 Å². The van der Waals surface area contributed by atoms with E-state index in [-0.39, 0.29) is 0 Å². The van der Waals surface area contributed by atoms with Crippen LogP contribution in [0.2, 0.25) is 0 Å². The number of nitrogens with one attached hydrogen (secondary N) is 1. The molecule has 0 radical (unpaired) electrons. The zero-order valence-corrected chi connectivity index (χ0v) is 11.7. The lowest BCUT2D eigenvalue weighted by Gasteiger charge is -2.11. The zero-order valence-electron chi connectivity index (χ0n) is 11.7. The molecule has 3 rings (SSSR count). The molecule has 0 saturated carbocycles. The molecule has 102 valence electrons. The first-order valence-electron chi connectivity index (χ1n) is 6.85. The quantitative estimate of drug-likeness (QED) is 0.784. The molecule has 4 heteroatoms. The Hall–Kier alpha value is -2.36. The maximum atomic E-state index is 4.30. The molecule has 0 atom stereocenters. The summed E-state index contributed by atoms with van der Waals surface area (Å²) in [4.78, 5) is 4.30. The van der Waals surface area contributed by atoms with Gasteiger partial charge in [-0.25, -0.2) is 9.67 Å². The van der Waals surface area contributed by atoms with Crippen LogP contribution < -0.4 is 5.32 Å². The fourth-order valence-electron chi connectivity index (χ4n) is 2.31. The maximum Gasteiger partial charge on any atom is 0.146 e. The van der Waals surface area contributed by atoms with E-state index in [1.807, 2.05) is 4.68 Å². The third-order valence-corrected chi connectivity index (χ3v) is 3.34. The van der Waals surface area contributed by atoms with E-state index < -0.39 is 0 Å². The summed E-state index contributed by atoms with van der Waals surface area (Å²) in [5.74, 6) is 0.952. The van der Waals surface area contributed by atoms with Crippen molar-refractivity contribution in [2.75, 3.05) is 5.32 Å². The summed E-state index contributed by atoms with van der Waals surface area (Å²) >= 11 is 0.